The van der Waals surface area contributed by atoms with Crippen LogP contribution in [-0.2, 0) is 0 Å². The minimum Gasteiger partial charge on any atom is -0.422 e. The Kier molecular flexibility index (Phi) is 4.13. The Morgan fingerprint density at radius 3 is 2.67 bits per heavy atom. The molecule has 0 saturated carbocycles. The Labute approximate surface area is 143 Å². The SMILES string of the molecule is O=C(Nc1cc([N+](=O)[O-])ccc1Br)c1cc2ccccc2oc1=O. The first-order valence-electron chi connectivity index (χ1n) is 6.74. The average Bonchev–Trinajstić information content (AvgIpc) is 2.55. The number of para-hydroxylation sites is 1. The molecule has 0 bridgehead atoms. The molecule has 1 N–H and O–H groups in total. The van der Waals surface area contributed by atoms with Gasteiger partial charge in [-0.1, -0.05) is 18.2 Å². The van der Waals surface area contributed by atoms with E-state index in [1.54, 1.807) is 24.3 Å². The van der Waals surface area contributed by atoms with Gasteiger partial charge in [0.05, 0.1) is 10.6 Å². The second-order valence-electron chi connectivity index (χ2n) is 4.86. The van der Waals surface area contributed by atoms with Crippen LogP contribution in [0.5, 0.6) is 0 Å². The van der Waals surface area contributed by atoms with Gasteiger partial charge >= 0.3 is 5.63 Å². The number of carbonyl (C=O) groups is 1. The van der Waals surface area contributed by atoms with Crippen molar-refractivity contribution >= 4 is 44.2 Å². The van der Waals surface area contributed by atoms with Crippen LogP contribution in [0.2, 0.25) is 0 Å². The molecule has 0 saturated heterocycles. The van der Waals surface area contributed by atoms with Crippen molar-refractivity contribution in [1.29, 1.82) is 0 Å². The maximum atomic E-state index is 12.4. The molecule has 0 unspecified atom stereocenters. The molecule has 8 heteroatoms. The minimum atomic E-state index is -0.784. The van der Waals surface area contributed by atoms with Crippen LogP contribution < -0.4 is 10.9 Å². The van der Waals surface area contributed by atoms with E-state index in [4.69, 9.17) is 4.42 Å². The van der Waals surface area contributed by atoms with Crippen molar-refractivity contribution < 1.29 is 14.1 Å². The van der Waals surface area contributed by atoms with E-state index in [2.05, 4.69) is 21.2 Å². The number of amides is 1. The number of carbonyl (C=O) groups excluding carboxylic acids is 1. The Balaban J connectivity index is 1.99. The highest BCUT2D eigenvalue weighted by Gasteiger charge is 2.17. The van der Waals surface area contributed by atoms with Crippen LogP contribution in [0.4, 0.5) is 11.4 Å². The highest BCUT2D eigenvalue weighted by atomic mass is 79.9. The number of hydrogen-bond acceptors (Lipinski definition) is 5. The first-order chi connectivity index (χ1) is 11.5. The number of hydrogen-bond donors (Lipinski definition) is 1. The summed E-state index contributed by atoms with van der Waals surface area (Å²) in [5.74, 6) is -0.712. The van der Waals surface area contributed by atoms with E-state index in [9.17, 15) is 19.7 Å². The predicted molar refractivity (Wildman–Crippen MR) is 91.2 cm³/mol. The Morgan fingerprint density at radius 2 is 1.92 bits per heavy atom. The second kappa shape index (κ2) is 6.25. The number of nitro groups is 1. The van der Waals surface area contributed by atoms with Gasteiger partial charge in [0.1, 0.15) is 11.1 Å². The molecule has 120 valence electrons. The first kappa shape index (κ1) is 15.9. The summed E-state index contributed by atoms with van der Waals surface area (Å²) in [5, 5.41) is 13.9. The minimum absolute atomic E-state index is 0.181. The lowest BCUT2D eigenvalue weighted by Crippen LogP contribution is -2.20. The van der Waals surface area contributed by atoms with Crippen molar-refractivity contribution in [3.63, 3.8) is 0 Å². The van der Waals surface area contributed by atoms with Crippen LogP contribution in [-0.4, -0.2) is 10.8 Å². The van der Waals surface area contributed by atoms with Crippen LogP contribution in [0, 0.1) is 10.1 Å². The van der Waals surface area contributed by atoms with Crippen LogP contribution in [0.1, 0.15) is 10.4 Å². The monoisotopic (exact) mass is 388 g/mol. The smallest absolute Gasteiger partial charge is 0.349 e. The van der Waals surface area contributed by atoms with Gasteiger partial charge in [-0.3, -0.25) is 14.9 Å². The number of nitrogens with zero attached hydrogens (tertiary/aromatic N) is 1. The van der Waals surface area contributed by atoms with Crippen molar-refractivity contribution in [2.75, 3.05) is 5.32 Å². The fraction of sp³-hybridized carbons (Fsp3) is 0. The Morgan fingerprint density at radius 1 is 1.17 bits per heavy atom. The van der Waals surface area contributed by atoms with Gasteiger partial charge in [-0.2, -0.15) is 0 Å². The zero-order valence-corrected chi connectivity index (χ0v) is 13.6. The maximum Gasteiger partial charge on any atom is 0.349 e. The first-order valence-corrected chi connectivity index (χ1v) is 7.53. The molecule has 0 atom stereocenters. The van der Waals surface area contributed by atoms with Crippen molar-refractivity contribution in [2.24, 2.45) is 0 Å². The summed E-state index contributed by atoms with van der Waals surface area (Å²) in [6.07, 6.45) is 0. The maximum absolute atomic E-state index is 12.4. The molecule has 0 aliphatic carbocycles. The number of fused-ring (bicyclic) bond motifs is 1. The Hall–Kier alpha value is -3.00. The summed E-state index contributed by atoms with van der Waals surface area (Å²) < 4.78 is 5.56. The largest absolute Gasteiger partial charge is 0.422 e. The lowest BCUT2D eigenvalue weighted by Gasteiger charge is -2.07. The number of nitrogens with one attached hydrogen (secondary N) is 1. The number of anilines is 1. The third kappa shape index (κ3) is 3.04. The van der Waals surface area contributed by atoms with E-state index in [1.807, 2.05) is 0 Å². The fourth-order valence-electron chi connectivity index (χ4n) is 2.13. The number of nitro benzene ring substituents is 1. The average molecular weight is 389 g/mol. The number of halogens is 1. The van der Waals surface area contributed by atoms with Gasteiger partial charge in [0.15, 0.2) is 0 Å². The Bertz CT molecular complexity index is 1030. The summed E-state index contributed by atoms with van der Waals surface area (Å²) in [6, 6.07) is 12.1. The molecule has 1 amide bonds. The number of rotatable bonds is 3. The predicted octanol–water partition coefficient (Wildman–Crippen LogP) is 3.72. The summed E-state index contributed by atoms with van der Waals surface area (Å²) in [7, 11) is 0. The van der Waals surface area contributed by atoms with Gasteiger partial charge in [0.2, 0.25) is 0 Å². The van der Waals surface area contributed by atoms with E-state index in [0.717, 1.165) is 0 Å². The zero-order chi connectivity index (χ0) is 17.3. The third-order valence-electron chi connectivity index (χ3n) is 3.30. The summed E-state index contributed by atoms with van der Waals surface area (Å²) in [6.45, 7) is 0. The molecule has 3 aromatic rings. The van der Waals surface area contributed by atoms with E-state index in [-0.39, 0.29) is 16.9 Å². The molecular formula is C16H9BrN2O5. The molecule has 1 aromatic heterocycles. The van der Waals surface area contributed by atoms with Crippen molar-refractivity contribution in [3.05, 3.63) is 79.1 Å². The molecule has 0 aliphatic rings. The highest BCUT2D eigenvalue weighted by molar-refractivity contribution is 9.10. The highest BCUT2D eigenvalue weighted by Crippen LogP contribution is 2.27. The van der Waals surface area contributed by atoms with E-state index in [0.29, 0.717) is 15.4 Å². The second-order valence-corrected chi connectivity index (χ2v) is 5.72. The van der Waals surface area contributed by atoms with Crippen molar-refractivity contribution in [3.8, 4) is 0 Å². The quantitative estimate of drug-likeness (QED) is 0.418. The van der Waals surface area contributed by atoms with Gasteiger partial charge in [-0.15, -0.1) is 0 Å². The van der Waals surface area contributed by atoms with E-state index in [1.165, 1.54) is 24.3 Å². The van der Waals surface area contributed by atoms with Gasteiger partial charge in [0.25, 0.3) is 11.6 Å². The van der Waals surface area contributed by atoms with Gasteiger partial charge in [-0.25, -0.2) is 4.79 Å². The van der Waals surface area contributed by atoms with Gasteiger partial charge in [0, 0.05) is 22.0 Å². The lowest BCUT2D eigenvalue weighted by molar-refractivity contribution is -0.384. The zero-order valence-electron chi connectivity index (χ0n) is 12.0. The fourth-order valence-corrected chi connectivity index (χ4v) is 2.48. The summed E-state index contributed by atoms with van der Waals surface area (Å²) in [5.41, 5.74) is -0.601. The van der Waals surface area contributed by atoms with Crippen molar-refractivity contribution in [1.82, 2.24) is 0 Å². The lowest BCUT2D eigenvalue weighted by atomic mass is 10.1. The number of non-ortho nitro benzene ring substituents is 1. The molecule has 0 fully saturated rings. The molecule has 7 nitrogen and oxygen atoms in total. The van der Waals surface area contributed by atoms with Crippen LogP contribution >= 0.6 is 15.9 Å². The van der Waals surface area contributed by atoms with Crippen LogP contribution in [0.3, 0.4) is 0 Å². The third-order valence-corrected chi connectivity index (χ3v) is 3.99. The van der Waals surface area contributed by atoms with Crippen LogP contribution in [0.15, 0.2) is 62.2 Å². The molecule has 1 heterocycles. The standard InChI is InChI=1S/C16H9BrN2O5/c17-12-6-5-10(19(22)23)8-13(12)18-15(20)11-7-9-3-1-2-4-14(9)24-16(11)21/h1-8H,(H,18,20). The topological polar surface area (TPSA) is 102 Å². The molecule has 0 spiro atoms. The summed E-state index contributed by atoms with van der Waals surface area (Å²) >= 11 is 3.20. The van der Waals surface area contributed by atoms with Gasteiger partial charge in [-0.05, 0) is 34.1 Å². The normalized spacial score (nSPS) is 10.5. The molecule has 0 radical (unpaired) electrons. The molecule has 24 heavy (non-hydrogen) atoms. The van der Waals surface area contributed by atoms with E-state index < -0.39 is 16.5 Å². The molecule has 3 rings (SSSR count). The molecule has 0 aliphatic heterocycles. The van der Waals surface area contributed by atoms with Gasteiger partial charge < -0.3 is 9.73 Å². The van der Waals surface area contributed by atoms with E-state index >= 15 is 0 Å². The molecule has 2 aromatic carbocycles. The van der Waals surface area contributed by atoms with Crippen LogP contribution in [0.25, 0.3) is 11.0 Å². The van der Waals surface area contributed by atoms with Crippen molar-refractivity contribution in [2.45, 2.75) is 0 Å². The summed E-state index contributed by atoms with van der Waals surface area (Å²) in [4.78, 5) is 34.6. The number of benzene rings is 2. The molecular weight excluding hydrogens is 380 g/mol.